The van der Waals surface area contributed by atoms with Crippen molar-refractivity contribution in [2.24, 2.45) is 4.99 Å². The number of hydrogen-bond donors (Lipinski definition) is 1. The fraction of sp³-hybridized carbons (Fsp3) is 0.125. The molecule has 0 spiro atoms. The lowest BCUT2D eigenvalue weighted by Crippen LogP contribution is -1.95. The number of aliphatic imine (C=N–C) groups is 1. The summed E-state index contributed by atoms with van der Waals surface area (Å²) < 4.78 is 16.1. The van der Waals surface area contributed by atoms with Gasteiger partial charge >= 0.3 is 0 Å². The van der Waals surface area contributed by atoms with Crippen LogP contribution in [0.4, 0.5) is 5.69 Å². The van der Waals surface area contributed by atoms with Crippen LogP contribution in [0.25, 0.3) is 12.2 Å². The summed E-state index contributed by atoms with van der Waals surface area (Å²) in [5, 5.41) is 9.32. The largest absolute Gasteiger partial charge is 0.508 e. The third-order valence-corrected chi connectivity index (χ3v) is 4.30. The molecule has 5 heteroatoms. The van der Waals surface area contributed by atoms with E-state index in [4.69, 9.17) is 14.2 Å². The molecule has 0 saturated heterocycles. The standard InChI is InChI=1S/C24H23NO4/c1-27-22-14-19(15-23(28-2)24(22)29-3)5-4-17-6-10-20(11-7-17)25-16-18-8-12-21(26)13-9-18/h4-16,26H,1-3H3. The summed E-state index contributed by atoms with van der Waals surface area (Å²) in [6.07, 6.45) is 5.76. The maximum absolute atomic E-state index is 9.32. The summed E-state index contributed by atoms with van der Waals surface area (Å²) in [6.45, 7) is 0. The number of nitrogens with zero attached hydrogens (tertiary/aromatic N) is 1. The molecule has 0 aliphatic carbocycles. The van der Waals surface area contributed by atoms with E-state index in [2.05, 4.69) is 4.99 Å². The lowest BCUT2D eigenvalue weighted by atomic mass is 10.1. The van der Waals surface area contributed by atoms with Gasteiger partial charge in [0.15, 0.2) is 11.5 Å². The first-order valence-corrected chi connectivity index (χ1v) is 9.04. The molecule has 0 aromatic heterocycles. The van der Waals surface area contributed by atoms with Crippen molar-refractivity contribution in [1.29, 1.82) is 0 Å². The highest BCUT2D eigenvalue weighted by Crippen LogP contribution is 2.38. The van der Waals surface area contributed by atoms with Crippen molar-refractivity contribution in [2.45, 2.75) is 0 Å². The smallest absolute Gasteiger partial charge is 0.203 e. The molecular weight excluding hydrogens is 366 g/mol. The van der Waals surface area contributed by atoms with Gasteiger partial charge in [0.1, 0.15) is 5.75 Å². The van der Waals surface area contributed by atoms with Crippen molar-refractivity contribution < 1.29 is 19.3 Å². The van der Waals surface area contributed by atoms with E-state index in [0.29, 0.717) is 17.2 Å². The molecule has 3 aromatic carbocycles. The van der Waals surface area contributed by atoms with Crippen LogP contribution < -0.4 is 14.2 Å². The van der Waals surface area contributed by atoms with Crippen LogP contribution in [0.1, 0.15) is 16.7 Å². The summed E-state index contributed by atoms with van der Waals surface area (Å²) in [5.41, 5.74) is 3.76. The summed E-state index contributed by atoms with van der Waals surface area (Å²) >= 11 is 0. The van der Waals surface area contributed by atoms with E-state index in [9.17, 15) is 5.11 Å². The Balaban J connectivity index is 1.74. The van der Waals surface area contributed by atoms with E-state index in [0.717, 1.165) is 22.4 Å². The maximum Gasteiger partial charge on any atom is 0.203 e. The number of methoxy groups -OCH3 is 3. The Morgan fingerprint density at radius 2 is 1.24 bits per heavy atom. The molecule has 0 heterocycles. The minimum atomic E-state index is 0.241. The number of aromatic hydroxyl groups is 1. The van der Waals surface area contributed by atoms with Crippen molar-refractivity contribution in [2.75, 3.05) is 21.3 Å². The quantitative estimate of drug-likeness (QED) is 0.438. The Labute approximate surface area is 170 Å². The van der Waals surface area contributed by atoms with E-state index in [1.807, 2.05) is 60.7 Å². The van der Waals surface area contributed by atoms with Crippen LogP contribution in [0.3, 0.4) is 0 Å². The van der Waals surface area contributed by atoms with Gasteiger partial charge in [0.2, 0.25) is 5.75 Å². The van der Waals surface area contributed by atoms with Gasteiger partial charge in [-0.05, 0) is 65.2 Å². The molecule has 0 unspecified atom stereocenters. The molecule has 1 N–H and O–H groups in total. The number of ether oxygens (including phenoxy) is 3. The first kappa shape index (κ1) is 20.0. The third-order valence-electron chi connectivity index (χ3n) is 4.30. The lowest BCUT2D eigenvalue weighted by molar-refractivity contribution is 0.324. The van der Waals surface area contributed by atoms with Gasteiger partial charge in [-0.25, -0.2) is 0 Å². The molecule has 3 rings (SSSR count). The average Bonchev–Trinajstić information content (AvgIpc) is 2.77. The van der Waals surface area contributed by atoms with E-state index < -0.39 is 0 Å². The Kier molecular flexibility index (Phi) is 6.53. The van der Waals surface area contributed by atoms with Crippen LogP contribution in [0.5, 0.6) is 23.0 Å². The second kappa shape index (κ2) is 9.46. The van der Waals surface area contributed by atoms with Crippen molar-refractivity contribution in [1.82, 2.24) is 0 Å². The summed E-state index contributed by atoms with van der Waals surface area (Å²) in [5.74, 6) is 2.05. The molecule has 0 radical (unpaired) electrons. The molecule has 0 aliphatic heterocycles. The van der Waals surface area contributed by atoms with Crippen LogP contribution in [-0.2, 0) is 0 Å². The molecule has 0 aliphatic rings. The van der Waals surface area contributed by atoms with E-state index in [-0.39, 0.29) is 5.75 Å². The SMILES string of the molecule is COc1cc(C=Cc2ccc(N=Cc3ccc(O)cc3)cc2)cc(OC)c1OC. The average molecular weight is 389 g/mol. The van der Waals surface area contributed by atoms with E-state index >= 15 is 0 Å². The Bertz CT molecular complexity index is 981. The zero-order valence-electron chi connectivity index (χ0n) is 16.6. The maximum atomic E-state index is 9.32. The number of phenolic OH excluding ortho intramolecular Hbond substituents is 1. The fourth-order valence-electron chi connectivity index (χ4n) is 2.77. The predicted molar refractivity (Wildman–Crippen MR) is 117 cm³/mol. The van der Waals surface area contributed by atoms with Crippen molar-refractivity contribution in [3.05, 3.63) is 77.4 Å². The van der Waals surface area contributed by atoms with Crippen LogP contribution in [-0.4, -0.2) is 32.7 Å². The number of hydrogen-bond acceptors (Lipinski definition) is 5. The zero-order chi connectivity index (χ0) is 20.6. The van der Waals surface area contributed by atoms with E-state index in [1.54, 1.807) is 39.7 Å². The van der Waals surface area contributed by atoms with Gasteiger partial charge in [0.25, 0.3) is 0 Å². The second-order valence-corrected chi connectivity index (χ2v) is 6.23. The Hall–Kier alpha value is -3.73. The van der Waals surface area contributed by atoms with Crippen LogP contribution in [0.2, 0.25) is 0 Å². The summed E-state index contributed by atoms with van der Waals surface area (Å²) in [4.78, 5) is 4.45. The number of phenols is 1. The topological polar surface area (TPSA) is 60.3 Å². The predicted octanol–water partition coefficient (Wildman–Crippen LogP) is 5.34. The zero-order valence-corrected chi connectivity index (χ0v) is 16.6. The van der Waals surface area contributed by atoms with Crippen LogP contribution in [0, 0.1) is 0 Å². The van der Waals surface area contributed by atoms with Crippen LogP contribution >= 0.6 is 0 Å². The first-order chi connectivity index (χ1) is 14.1. The van der Waals surface area contributed by atoms with E-state index in [1.165, 1.54) is 0 Å². The first-order valence-electron chi connectivity index (χ1n) is 9.04. The highest BCUT2D eigenvalue weighted by atomic mass is 16.5. The minimum Gasteiger partial charge on any atom is -0.508 e. The number of rotatable bonds is 7. The molecule has 0 bridgehead atoms. The lowest BCUT2D eigenvalue weighted by Gasteiger charge is -2.12. The highest BCUT2D eigenvalue weighted by molar-refractivity contribution is 5.82. The minimum absolute atomic E-state index is 0.241. The second-order valence-electron chi connectivity index (χ2n) is 6.23. The molecule has 0 fully saturated rings. The molecule has 29 heavy (non-hydrogen) atoms. The summed E-state index contributed by atoms with van der Waals surface area (Å²) in [6, 6.07) is 18.6. The third kappa shape index (κ3) is 5.17. The van der Waals surface area contributed by atoms with Gasteiger partial charge in [0, 0.05) is 6.21 Å². The molecule has 0 atom stereocenters. The highest BCUT2D eigenvalue weighted by Gasteiger charge is 2.11. The van der Waals surface area contributed by atoms with Gasteiger partial charge in [0.05, 0.1) is 27.0 Å². The monoisotopic (exact) mass is 389 g/mol. The Morgan fingerprint density at radius 3 is 1.79 bits per heavy atom. The molecule has 5 nitrogen and oxygen atoms in total. The normalized spacial score (nSPS) is 11.1. The van der Waals surface area contributed by atoms with Gasteiger partial charge in [-0.3, -0.25) is 4.99 Å². The van der Waals surface area contributed by atoms with Gasteiger partial charge < -0.3 is 19.3 Å². The van der Waals surface area contributed by atoms with Gasteiger partial charge in [-0.2, -0.15) is 0 Å². The molecule has 0 saturated carbocycles. The molecular formula is C24H23NO4. The van der Waals surface area contributed by atoms with Crippen molar-refractivity contribution in [3.63, 3.8) is 0 Å². The van der Waals surface area contributed by atoms with Gasteiger partial charge in [-0.15, -0.1) is 0 Å². The molecule has 3 aromatic rings. The van der Waals surface area contributed by atoms with Crippen molar-refractivity contribution in [3.8, 4) is 23.0 Å². The van der Waals surface area contributed by atoms with Gasteiger partial charge in [-0.1, -0.05) is 24.3 Å². The molecule has 0 amide bonds. The van der Waals surface area contributed by atoms with Crippen molar-refractivity contribution >= 4 is 24.1 Å². The Morgan fingerprint density at radius 1 is 0.690 bits per heavy atom. The van der Waals surface area contributed by atoms with Crippen LogP contribution in [0.15, 0.2) is 65.7 Å². The summed E-state index contributed by atoms with van der Waals surface area (Å²) in [7, 11) is 4.78. The molecule has 148 valence electrons. The fourth-order valence-corrected chi connectivity index (χ4v) is 2.77. The number of benzene rings is 3.